The predicted octanol–water partition coefficient (Wildman–Crippen LogP) is 5.49. The maximum Gasteiger partial charge on any atom is 0.231 e. The average Bonchev–Trinajstić information content (AvgIpc) is 3.10. The SMILES string of the molecule is O=C1/C(=C/c2ccc(F)cc2)Oc2c1ccc1c2CN(CCc2ccccc2Cl)CO1. The third-order valence-electron chi connectivity index (χ3n) is 5.51. The number of carbonyl (C=O) groups is 1. The normalized spacial score (nSPS) is 16.6. The molecule has 4 nitrogen and oxygen atoms in total. The van der Waals surface area contributed by atoms with Crippen LogP contribution in [0.2, 0.25) is 5.02 Å². The van der Waals surface area contributed by atoms with Gasteiger partial charge in [0, 0.05) is 18.1 Å². The molecule has 0 aliphatic carbocycles. The van der Waals surface area contributed by atoms with Crippen LogP contribution in [-0.2, 0) is 13.0 Å². The molecule has 156 valence electrons. The minimum atomic E-state index is -0.327. The number of allylic oxidation sites excluding steroid dienone is 1. The number of halogens is 2. The highest BCUT2D eigenvalue weighted by Crippen LogP contribution is 2.42. The summed E-state index contributed by atoms with van der Waals surface area (Å²) >= 11 is 6.27. The van der Waals surface area contributed by atoms with E-state index in [0.29, 0.717) is 30.2 Å². The Labute approximate surface area is 184 Å². The molecule has 0 atom stereocenters. The maximum absolute atomic E-state index is 13.2. The molecule has 0 fully saturated rings. The lowest BCUT2D eigenvalue weighted by atomic mass is 10.0. The topological polar surface area (TPSA) is 38.8 Å². The highest BCUT2D eigenvalue weighted by molar-refractivity contribution is 6.31. The monoisotopic (exact) mass is 435 g/mol. The second kappa shape index (κ2) is 8.17. The number of benzene rings is 3. The molecule has 0 unspecified atom stereocenters. The van der Waals surface area contributed by atoms with Gasteiger partial charge in [-0.15, -0.1) is 0 Å². The standard InChI is InChI=1S/C25H19ClFNO3/c26-21-4-2-1-3-17(21)11-12-28-14-20-22(30-15-28)10-9-19-24(29)23(31-25(19)20)13-16-5-7-18(27)8-6-16/h1-10,13H,11-12,14-15H2/b23-13-. The van der Waals surface area contributed by atoms with Gasteiger partial charge in [-0.3, -0.25) is 9.69 Å². The molecule has 2 aliphatic heterocycles. The Morgan fingerprint density at radius 2 is 1.87 bits per heavy atom. The van der Waals surface area contributed by atoms with Crippen molar-refractivity contribution in [1.82, 2.24) is 4.90 Å². The van der Waals surface area contributed by atoms with Gasteiger partial charge in [-0.2, -0.15) is 0 Å². The van der Waals surface area contributed by atoms with Crippen LogP contribution in [0.15, 0.2) is 66.4 Å². The minimum absolute atomic E-state index is 0.185. The van der Waals surface area contributed by atoms with Gasteiger partial charge in [-0.25, -0.2) is 4.39 Å². The van der Waals surface area contributed by atoms with E-state index in [1.54, 1.807) is 24.3 Å². The summed E-state index contributed by atoms with van der Waals surface area (Å²) in [5, 5.41) is 0.756. The molecule has 6 heteroatoms. The Morgan fingerprint density at radius 3 is 2.68 bits per heavy atom. The molecule has 2 aliphatic rings. The van der Waals surface area contributed by atoms with Crippen LogP contribution in [0.5, 0.6) is 11.5 Å². The van der Waals surface area contributed by atoms with Crippen molar-refractivity contribution >= 4 is 23.5 Å². The number of Topliss-reactive ketones (excluding diaryl/α,β-unsaturated/α-hetero) is 1. The van der Waals surface area contributed by atoms with Crippen LogP contribution in [-0.4, -0.2) is 24.0 Å². The molecule has 0 saturated heterocycles. The van der Waals surface area contributed by atoms with Crippen LogP contribution in [0.4, 0.5) is 4.39 Å². The molecule has 3 aromatic carbocycles. The number of fused-ring (bicyclic) bond motifs is 3. The number of nitrogens with zero attached hydrogens (tertiary/aromatic N) is 1. The molecule has 2 heterocycles. The predicted molar refractivity (Wildman–Crippen MR) is 117 cm³/mol. The molecule has 0 amide bonds. The third kappa shape index (κ3) is 3.94. The number of ether oxygens (including phenoxy) is 2. The fraction of sp³-hybridized carbons (Fsp3) is 0.160. The zero-order valence-corrected chi connectivity index (χ0v) is 17.4. The van der Waals surface area contributed by atoms with Crippen LogP contribution in [0.1, 0.15) is 27.0 Å². The molecule has 0 N–H and O–H groups in total. The quantitative estimate of drug-likeness (QED) is 0.508. The Bertz CT molecular complexity index is 1190. The number of hydrogen-bond donors (Lipinski definition) is 0. The van der Waals surface area contributed by atoms with Gasteiger partial charge in [0.05, 0.1) is 11.1 Å². The first-order valence-electron chi connectivity index (χ1n) is 10.0. The van der Waals surface area contributed by atoms with E-state index in [0.717, 1.165) is 34.9 Å². The molecular formula is C25H19ClFNO3. The highest BCUT2D eigenvalue weighted by atomic mass is 35.5. The van der Waals surface area contributed by atoms with E-state index in [4.69, 9.17) is 21.1 Å². The highest BCUT2D eigenvalue weighted by Gasteiger charge is 2.33. The van der Waals surface area contributed by atoms with Crippen molar-refractivity contribution in [3.05, 3.63) is 99.5 Å². The van der Waals surface area contributed by atoms with E-state index in [9.17, 15) is 9.18 Å². The van der Waals surface area contributed by atoms with Crippen LogP contribution in [0, 0.1) is 5.82 Å². The first-order chi connectivity index (χ1) is 15.1. The molecule has 0 bridgehead atoms. The smallest absolute Gasteiger partial charge is 0.231 e. The van der Waals surface area contributed by atoms with Crippen molar-refractivity contribution in [3.8, 4) is 11.5 Å². The number of rotatable bonds is 4. The summed E-state index contributed by atoms with van der Waals surface area (Å²) in [7, 11) is 0. The summed E-state index contributed by atoms with van der Waals surface area (Å²) in [5.41, 5.74) is 3.16. The summed E-state index contributed by atoms with van der Waals surface area (Å²) in [5.74, 6) is 0.979. The molecule has 0 radical (unpaired) electrons. The first-order valence-corrected chi connectivity index (χ1v) is 10.4. The molecule has 5 rings (SSSR count). The van der Waals surface area contributed by atoms with E-state index in [-0.39, 0.29) is 17.4 Å². The molecule has 3 aromatic rings. The van der Waals surface area contributed by atoms with Crippen LogP contribution in [0.3, 0.4) is 0 Å². The molecule has 0 aromatic heterocycles. The lowest BCUT2D eigenvalue weighted by molar-refractivity contribution is 0.0950. The molecule has 31 heavy (non-hydrogen) atoms. The van der Waals surface area contributed by atoms with E-state index < -0.39 is 0 Å². The van der Waals surface area contributed by atoms with Crippen molar-refractivity contribution in [2.24, 2.45) is 0 Å². The van der Waals surface area contributed by atoms with Crippen molar-refractivity contribution in [2.75, 3.05) is 13.3 Å². The van der Waals surface area contributed by atoms with Gasteiger partial charge in [0.25, 0.3) is 0 Å². The van der Waals surface area contributed by atoms with Gasteiger partial charge in [0.2, 0.25) is 5.78 Å². The van der Waals surface area contributed by atoms with E-state index in [1.165, 1.54) is 12.1 Å². The van der Waals surface area contributed by atoms with Crippen molar-refractivity contribution < 1.29 is 18.7 Å². The summed E-state index contributed by atoms with van der Waals surface area (Å²) in [4.78, 5) is 15.0. The second-order valence-corrected chi connectivity index (χ2v) is 7.98. The maximum atomic E-state index is 13.2. The average molecular weight is 436 g/mol. The van der Waals surface area contributed by atoms with E-state index >= 15 is 0 Å². The number of ketones is 1. The van der Waals surface area contributed by atoms with Crippen LogP contribution >= 0.6 is 11.6 Å². The summed E-state index contributed by atoms with van der Waals surface area (Å²) in [6, 6.07) is 17.3. The fourth-order valence-electron chi connectivity index (χ4n) is 3.84. The summed E-state index contributed by atoms with van der Waals surface area (Å²) < 4.78 is 25.1. The summed E-state index contributed by atoms with van der Waals surface area (Å²) in [6.45, 7) is 1.83. The fourth-order valence-corrected chi connectivity index (χ4v) is 4.07. The second-order valence-electron chi connectivity index (χ2n) is 7.58. The first kappa shape index (κ1) is 19.8. The van der Waals surface area contributed by atoms with Gasteiger partial charge < -0.3 is 9.47 Å². The van der Waals surface area contributed by atoms with Gasteiger partial charge in [-0.05, 0) is 54.0 Å². The van der Waals surface area contributed by atoms with Crippen LogP contribution < -0.4 is 9.47 Å². The Kier molecular flexibility index (Phi) is 5.22. The van der Waals surface area contributed by atoms with Gasteiger partial charge >= 0.3 is 0 Å². The van der Waals surface area contributed by atoms with Crippen LogP contribution in [0.25, 0.3) is 6.08 Å². The lowest BCUT2D eigenvalue weighted by Crippen LogP contribution is -2.33. The molecular weight excluding hydrogens is 417 g/mol. The van der Waals surface area contributed by atoms with Crippen molar-refractivity contribution in [3.63, 3.8) is 0 Å². The molecule has 0 spiro atoms. The largest absolute Gasteiger partial charge is 0.478 e. The van der Waals surface area contributed by atoms with E-state index in [2.05, 4.69) is 4.90 Å². The van der Waals surface area contributed by atoms with Crippen molar-refractivity contribution in [1.29, 1.82) is 0 Å². The van der Waals surface area contributed by atoms with Gasteiger partial charge in [0.15, 0.2) is 5.76 Å². The zero-order chi connectivity index (χ0) is 21.4. The Balaban J connectivity index is 1.36. The number of carbonyl (C=O) groups excluding carboxylic acids is 1. The number of hydrogen-bond acceptors (Lipinski definition) is 4. The van der Waals surface area contributed by atoms with Gasteiger partial charge in [0.1, 0.15) is 24.0 Å². The zero-order valence-electron chi connectivity index (χ0n) is 16.6. The Morgan fingerprint density at radius 1 is 1.06 bits per heavy atom. The molecule has 0 saturated carbocycles. The summed E-state index contributed by atoms with van der Waals surface area (Å²) in [6.07, 6.45) is 2.43. The minimum Gasteiger partial charge on any atom is -0.478 e. The lowest BCUT2D eigenvalue weighted by Gasteiger charge is -2.29. The third-order valence-corrected chi connectivity index (χ3v) is 5.87. The van der Waals surface area contributed by atoms with Crippen molar-refractivity contribution in [2.45, 2.75) is 13.0 Å². The van der Waals surface area contributed by atoms with Gasteiger partial charge in [-0.1, -0.05) is 41.9 Å². The Hall–Kier alpha value is -3.15. The van der Waals surface area contributed by atoms with E-state index in [1.807, 2.05) is 30.3 Å².